The summed E-state index contributed by atoms with van der Waals surface area (Å²) in [5.41, 5.74) is 0. The third kappa shape index (κ3) is 3.34. The van der Waals surface area contributed by atoms with E-state index in [1.165, 1.54) is 0 Å². The molecule has 0 radical (unpaired) electrons. The van der Waals surface area contributed by atoms with Crippen molar-refractivity contribution in [3.05, 3.63) is 39.8 Å². The third-order valence-corrected chi connectivity index (χ3v) is 3.21. The van der Waals surface area contributed by atoms with Crippen molar-refractivity contribution >= 4 is 31.9 Å². The van der Waals surface area contributed by atoms with Crippen molar-refractivity contribution in [2.45, 2.75) is 18.6 Å². The summed E-state index contributed by atoms with van der Waals surface area (Å²) >= 11 is 6.87. The van der Waals surface area contributed by atoms with Gasteiger partial charge < -0.3 is 9.47 Å². The first-order valence-electron chi connectivity index (χ1n) is 5.04. The van der Waals surface area contributed by atoms with Crippen molar-refractivity contribution in [3.8, 4) is 5.75 Å². The van der Waals surface area contributed by atoms with Gasteiger partial charge in [0.05, 0.1) is 6.61 Å². The molecule has 1 aromatic carbocycles. The Labute approximate surface area is 112 Å². The average Bonchev–Trinajstić information content (AvgIpc) is 2.98. The number of ether oxygens (including phenoxy) is 2. The van der Waals surface area contributed by atoms with Crippen molar-refractivity contribution in [2.24, 2.45) is 0 Å². The largest absolute Gasteiger partial charge is 0.487 e. The number of halogens is 2. The zero-order valence-electron chi connectivity index (χ0n) is 8.66. The lowest BCUT2D eigenvalue weighted by Gasteiger charge is -2.16. The molecule has 1 aliphatic rings. The molecule has 16 heavy (non-hydrogen) atoms. The Bertz CT molecular complexity index is 368. The summed E-state index contributed by atoms with van der Waals surface area (Å²) in [4.78, 5) is 0. The maximum atomic E-state index is 5.88. The van der Waals surface area contributed by atoms with Crippen LogP contribution in [0.4, 0.5) is 0 Å². The Morgan fingerprint density at radius 2 is 2.06 bits per heavy atom. The fourth-order valence-corrected chi connectivity index (χ4v) is 2.73. The van der Waals surface area contributed by atoms with Crippen molar-refractivity contribution < 1.29 is 9.47 Å². The SMILES string of the molecule is C=CCC(Oc1cc(Br)cc(Br)c1)C1CO1. The highest BCUT2D eigenvalue weighted by atomic mass is 79.9. The molecule has 2 rings (SSSR count). The van der Waals surface area contributed by atoms with Gasteiger partial charge in [-0.15, -0.1) is 6.58 Å². The summed E-state index contributed by atoms with van der Waals surface area (Å²) in [6, 6.07) is 5.87. The molecular formula is C12H12Br2O2. The van der Waals surface area contributed by atoms with Gasteiger partial charge in [0.2, 0.25) is 0 Å². The second kappa shape index (κ2) is 5.34. The molecule has 1 heterocycles. The maximum Gasteiger partial charge on any atom is 0.130 e. The molecule has 1 aromatic rings. The molecule has 2 atom stereocenters. The number of hydrogen-bond acceptors (Lipinski definition) is 2. The molecule has 2 nitrogen and oxygen atoms in total. The zero-order chi connectivity index (χ0) is 11.5. The third-order valence-electron chi connectivity index (χ3n) is 2.30. The monoisotopic (exact) mass is 346 g/mol. The first-order valence-corrected chi connectivity index (χ1v) is 6.63. The minimum absolute atomic E-state index is 0.0682. The number of rotatable bonds is 5. The molecule has 0 aliphatic carbocycles. The van der Waals surface area contributed by atoms with E-state index in [9.17, 15) is 0 Å². The lowest BCUT2D eigenvalue weighted by atomic mass is 10.2. The molecule has 0 spiro atoms. The van der Waals surface area contributed by atoms with Crippen LogP contribution in [0, 0.1) is 0 Å². The van der Waals surface area contributed by atoms with E-state index in [-0.39, 0.29) is 12.2 Å². The molecule has 0 bridgehead atoms. The fourth-order valence-electron chi connectivity index (χ4n) is 1.48. The first-order chi connectivity index (χ1) is 7.69. The number of epoxide rings is 1. The van der Waals surface area contributed by atoms with Crippen LogP contribution in [0.15, 0.2) is 39.8 Å². The topological polar surface area (TPSA) is 21.8 Å². The van der Waals surface area contributed by atoms with Gasteiger partial charge in [-0.2, -0.15) is 0 Å². The first kappa shape index (κ1) is 12.1. The summed E-state index contributed by atoms with van der Waals surface area (Å²) in [6.45, 7) is 4.52. The molecule has 0 aromatic heterocycles. The second-order valence-electron chi connectivity index (χ2n) is 3.66. The van der Waals surface area contributed by atoms with Gasteiger partial charge in [0, 0.05) is 15.4 Å². The van der Waals surface area contributed by atoms with E-state index in [0.717, 1.165) is 27.7 Å². The molecule has 86 valence electrons. The van der Waals surface area contributed by atoms with Crippen molar-refractivity contribution in [1.82, 2.24) is 0 Å². The van der Waals surface area contributed by atoms with E-state index in [4.69, 9.17) is 9.47 Å². The van der Waals surface area contributed by atoms with Crippen LogP contribution < -0.4 is 4.74 Å². The van der Waals surface area contributed by atoms with Crippen molar-refractivity contribution in [2.75, 3.05) is 6.61 Å². The summed E-state index contributed by atoms with van der Waals surface area (Å²) < 4.78 is 13.1. The van der Waals surface area contributed by atoms with Crippen LogP contribution in [0.3, 0.4) is 0 Å². The van der Waals surface area contributed by atoms with Crippen LogP contribution in [0.2, 0.25) is 0 Å². The second-order valence-corrected chi connectivity index (χ2v) is 5.49. The normalized spacial score (nSPS) is 20.2. The molecule has 1 aliphatic heterocycles. The molecule has 4 heteroatoms. The highest BCUT2D eigenvalue weighted by molar-refractivity contribution is 9.11. The Morgan fingerprint density at radius 1 is 1.44 bits per heavy atom. The van der Waals surface area contributed by atoms with Crippen molar-refractivity contribution in [3.63, 3.8) is 0 Å². The van der Waals surface area contributed by atoms with Gasteiger partial charge >= 0.3 is 0 Å². The lowest BCUT2D eigenvalue weighted by molar-refractivity contribution is 0.161. The Balaban J connectivity index is 2.08. The summed E-state index contributed by atoms with van der Waals surface area (Å²) in [7, 11) is 0. The standard InChI is InChI=1S/C12H12Br2O2/c1-2-3-11(12-7-15-12)16-10-5-8(13)4-9(14)6-10/h2,4-6,11-12H,1,3,7H2. The molecular weight excluding hydrogens is 336 g/mol. The average molecular weight is 348 g/mol. The van der Waals surface area contributed by atoms with Crippen LogP contribution >= 0.6 is 31.9 Å². The quantitative estimate of drug-likeness (QED) is 0.594. The highest BCUT2D eigenvalue weighted by Crippen LogP contribution is 2.28. The van der Waals surface area contributed by atoms with E-state index in [1.807, 2.05) is 24.3 Å². The van der Waals surface area contributed by atoms with E-state index in [2.05, 4.69) is 38.4 Å². The molecule has 0 N–H and O–H groups in total. The van der Waals surface area contributed by atoms with Gasteiger partial charge in [0.15, 0.2) is 0 Å². The number of benzene rings is 1. The summed E-state index contributed by atoms with van der Waals surface area (Å²) in [5, 5.41) is 0. The van der Waals surface area contributed by atoms with Gasteiger partial charge in [0.25, 0.3) is 0 Å². The molecule has 2 unspecified atom stereocenters. The smallest absolute Gasteiger partial charge is 0.130 e. The van der Waals surface area contributed by atoms with Crippen LogP contribution in [-0.4, -0.2) is 18.8 Å². The van der Waals surface area contributed by atoms with Gasteiger partial charge in [-0.1, -0.05) is 37.9 Å². The van der Waals surface area contributed by atoms with Gasteiger partial charge in [-0.3, -0.25) is 0 Å². The van der Waals surface area contributed by atoms with E-state index < -0.39 is 0 Å². The Kier molecular flexibility index (Phi) is 4.05. The lowest BCUT2D eigenvalue weighted by Crippen LogP contribution is -2.22. The highest BCUT2D eigenvalue weighted by Gasteiger charge is 2.33. The maximum absolute atomic E-state index is 5.88. The van der Waals surface area contributed by atoms with Crippen LogP contribution in [0.25, 0.3) is 0 Å². The van der Waals surface area contributed by atoms with E-state index in [0.29, 0.717) is 0 Å². The summed E-state index contributed by atoms with van der Waals surface area (Å²) in [5.74, 6) is 0.837. The van der Waals surface area contributed by atoms with Crippen molar-refractivity contribution in [1.29, 1.82) is 0 Å². The van der Waals surface area contributed by atoms with Gasteiger partial charge in [-0.25, -0.2) is 0 Å². The van der Waals surface area contributed by atoms with Crippen LogP contribution in [0.1, 0.15) is 6.42 Å². The predicted molar refractivity (Wildman–Crippen MR) is 70.8 cm³/mol. The van der Waals surface area contributed by atoms with E-state index in [1.54, 1.807) is 0 Å². The summed E-state index contributed by atoms with van der Waals surface area (Å²) in [6.07, 6.45) is 2.95. The minimum Gasteiger partial charge on any atom is -0.487 e. The molecule has 1 saturated heterocycles. The zero-order valence-corrected chi connectivity index (χ0v) is 11.8. The number of hydrogen-bond donors (Lipinski definition) is 0. The molecule has 1 fully saturated rings. The van der Waals surface area contributed by atoms with Crippen LogP contribution in [-0.2, 0) is 4.74 Å². The van der Waals surface area contributed by atoms with Gasteiger partial charge in [0.1, 0.15) is 18.0 Å². The predicted octanol–water partition coefficient (Wildman–Crippen LogP) is 3.93. The Morgan fingerprint density at radius 3 is 2.56 bits per heavy atom. The molecule has 0 amide bonds. The Hall–Kier alpha value is -0.320. The van der Waals surface area contributed by atoms with E-state index >= 15 is 0 Å². The van der Waals surface area contributed by atoms with Gasteiger partial charge in [-0.05, 0) is 18.2 Å². The minimum atomic E-state index is 0.0682. The molecule has 0 saturated carbocycles. The van der Waals surface area contributed by atoms with Crippen LogP contribution in [0.5, 0.6) is 5.75 Å². The fraction of sp³-hybridized carbons (Fsp3) is 0.333.